The Morgan fingerprint density at radius 2 is 1.73 bits per heavy atom. The molecule has 1 unspecified atom stereocenters. The van der Waals surface area contributed by atoms with E-state index in [9.17, 15) is 10.1 Å². The minimum absolute atomic E-state index is 0.0508. The highest BCUT2D eigenvalue weighted by Crippen LogP contribution is 2.45. The number of nitro benzene ring substituents is 1. The van der Waals surface area contributed by atoms with Gasteiger partial charge in [0.2, 0.25) is 5.85 Å². The summed E-state index contributed by atoms with van der Waals surface area (Å²) in [5.41, 5.74) is 1.56. The van der Waals surface area contributed by atoms with E-state index in [2.05, 4.69) is 18.7 Å². The van der Waals surface area contributed by atoms with Crippen LogP contribution >= 0.6 is 0 Å². The lowest BCUT2D eigenvalue weighted by Gasteiger charge is -2.39. The number of hydrogen-bond donors (Lipinski definition) is 0. The first-order chi connectivity index (χ1) is 12.3. The number of rotatable bonds is 3. The standard InChI is InChI=1S/C19H20N4O3/c1-18(2)13-26-19(3)21(18)17(14-7-5-4-6-8-14)20-22(19)15-9-11-16(12-10-15)23(24)25/h4-12H,13H2,1-3H3. The number of anilines is 1. The van der Waals surface area contributed by atoms with Gasteiger partial charge in [-0.15, -0.1) is 5.10 Å². The van der Waals surface area contributed by atoms with Gasteiger partial charge in [0, 0.05) is 24.6 Å². The molecular formula is C19H20N4O3. The second kappa shape index (κ2) is 5.54. The summed E-state index contributed by atoms with van der Waals surface area (Å²) in [5, 5.41) is 17.6. The highest BCUT2D eigenvalue weighted by Gasteiger charge is 2.58. The number of benzene rings is 2. The van der Waals surface area contributed by atoms with Crippen LogP contribution in [0.4, 0.5) is 11.4 Å². The maximum absolute atomic E-state index is 10.9. The van der Waals surface area contributed by atoms with Crippen molar-refractivity contribution in [3.8, 4) is 0 Å². The largest absolute Gasteiger partial charge is 0.334 e. The highest BCUT2D eigenvalue weighted by atomic mass is 16.6. The number of hydrazone groups is 1. The van der Waals surface area contributed by atoms with Crippen LogP contribution in [0.25, 0.3) is 0 Å². The van der Waals surface area contributed by atoms with Gasteiger partial charge in [-0.05, 0) is 26.0 Å². The van der Waals surface area contributed by atoms with Crippen molar-refractivity contribution in [1.82, 2.24) is 4.90 Å². The quantitative estimate of drug-likeness (QED) is 0.624. The minimum atomic E-state index is -0.787. The summed E-state index contributed by atoms with van der Waals surface area (Å²) >= 11 is 0. The molecule has 26 heavy (non-hydrogen) atoms. The molecule has 134 valence electrons. The molecule has 1 atom stereocenters. The van der Waals surface area contributed by atoms with E-state index in [4.69, 9.17) is 9.84 Å². The van der Waals surface area contributed by atoms with Crippen LogP contribution in [-0.4, -0.2) is 33.7 Å². The van der Waals surface area contributed by atoms with Crippen molar-refractivity contribution in [1.29, 1.82) is 0 Å². The number of ether oxygens (including phenoxy) is 1. The van der Waals surface area contributed by atoms with Gasteiger partial charge in [-0.3, -0.25) is 10.1 Å². The molecule has 2 heterocycles. The lowest BCUT2D eigenvalue weighted by Crippen LogP contribution is -2.55. The summed E-state index contributed by atoms with van der Waals surface area (Å²) in [7, 11) is 0. The summed E-state index contributed by atoms with van der Waals surface area (Å²) in [6.45, 7) is 6.77. The number of nitrogens with zero attached hydrogens (tertiary/aromatic N) is 4. The van der Waals surface area contributed by atoms with E-state index in [0.717, 1.165) is 17.1 Å². The maximum Gasteiger partial charge on any atom is 0.269 e. The zero-order valence-electron chi connectivity index (χ0n) is 14.9. The fourth-order valence-electron chi connectivity index (χ4n) is 3.66. The van der Waals surface area contributed by atoms with Gasteiger partial charge in [0.15, 0.2) is 5.84 Å². The van der Waals surface area contributed by atoms with E-state index < -0.39 is 10.8 Å². The number of non-ortho nitro benzene ring substituents is 1. The van der Waals surface area contributed by atoms with E-state index in [-0.39, 0.29) is 11.2 Å². The molecule has 2 aliphatic rings. The molecule has 4 rings (SSSR count). The first-order valence-corrected chi connectivity index (χ1v) is 8.46. The average Bonchev–Trinajstić information content (AvgIpc) is 3.07. The Hall–Kier alpha value is -2.93. The minimum Gasteiger partial charge on any atom is -0.334 e. The van der Waals surface area contributed by atoms with Crippen molar-refractivity contribution in [3.63, 3.8) is 0 Å². The van der Waals surface area contributed by atoms with Crippen LogP contribution in [0.3, 0.4) is 0 Å². The Kier molecular flexibility index (Phi) is 3.52. The van der Waals surface area contributed by atoms with Gasteiger partial charge in [0.05, 0.1) is 22.8 Å². The molecule has 0 amide bonds. The van der Waals surface area contributed by atoms with E-state index in [1.807, 2.05) is 37.3 Å². The summed E-state index contributed by atoms with van der Waals surface area (Å²) < 4.78 is 6.18. The predicted molar refractivity (Wildman–Crippen MR) is 98.8 cm³/mol. The zero-order chi connectivity index (χ0) is 18.5. The Labute approximate surface area is 151 Å². The van der Waals surface area contributed by atoms with Gasteiger partial charge in [-0.1, -0.05) is 30.3 Å². The van der Waals surface area contributed by atoms with Crippen LogP contribution in [0.15, 0.2) is 59.7 Å². The third kappa shape index (κ3) is 2.35. The Morgan fingerprint density at radius 1 is 1.08 bits per heavy atom. The number of amidine groups is 1. The van der Waals surface area contributed by atoms with Gasteiger partial charge in [-0.2, -0.15) is 0 Å². The molecule has 7 nitrogen and oxygen atoms in total. The maximum atomic E-state index is 10.9. The van der Waals surface area contributed by atoms with Crippen LogP contribution in [0.2, 0.25) is 0 Å². The molecule has 0 bridgehead atoms. The molecule has 2 aromatic rings. The molecule has 2 aliphatic heterocycles. The zero-order valence-corrected chi connectivity index (χ0v) is 14.9. The van der Waals surface area contributed by atoms with Crippen molar-refractivity contribution >= 4 is 17.2 Å². The van der Waals surface area contributed by atoms with Gasteiger partial charge in [0.1, 0.15) is 0 Å². The first-order valence-electron chi connectivity index (χ1n) is 8.46. The Bertz CT molecular complexity index is 879. The summed E-state index contributed by atoms with van der Waals surface area (Å²) in [6.07, 6.45) is 0. The van der Waals surface area contributed by atoms with E-state index in [0.29, 0.717) is 6.61 Å². The molecule has 7 heteroatoms. The lowest BCUT2D eigenvalue weighted by molar-refractivity contribution is -0.384. The van der Waals surface area contributed by atoms with Crippen LogP contribution in [0.1, 0.15) is 26.3 Å². The topological polar surface area (TPSA) is 71.2 Å². The fraction of sp³-hybridized carbons (Fsp3) is 0.316. The summed E-state index contributed by atoms with van der Waals surface area (Å²) in [6, 6.07) is 16.3. The molecule has 0 radical (unpaired) electrons. The van der Waals surface area contributed by atoms with E-state index in [1.54, 1.807) is 17.1 Å². The van der Waals surface area contributed by atoms with Gasteiger partial charge < -0.3 is 9.64 Å². The molecule has 0 spiro atoms. The van der Waals surface area contributed by atoms with Crippen LogP contribution in [0, 0.1) is 10.1 Å². The molecule has 0 N–H and O–H groups in total. The van der Waals surface area contributed by atoms with Crippen molar-refractivity contribution in [2.45, 2.75) is 32.2 Å². The molecule has 0 saturated carbocycles. The molecule has 0 aromatic heterocycles. The number of nitro groups is 1. The van der Waals surface area contributed by atoms with Crippen molar-refractivity contribution in [2.75, 3.05) is 11.6 Å². The average molecular weight is 352 g/mol. The second-order valence-corrected chi connectivity index (χ2v) is 7.25. The fourth-order valence-corrected chi connectivity index (χ4v) is 3.66. The van der Waals surface area contributed by atoms with Crippen LogP contribution < -0.4 is 5.01 Å². The molecular weight excluding hydrogens is 332 g/mol. The Morgan fingerprint density at radius 3 is 2.35 bits per heavy atom. The molecule has 1 fully saturated rings. The highest BCUT2D eigenvalue weighted by molar-refractivity contribution is 6.02. The van der Waals surface area contributed by atoms with Crippen LogP contribution in [-0.2, 0) is 4.74 Å². The summed E-state index contributed by atoms with van der Waals surface area (Å²) in [4.78, 5) is 12.7. The van der Waals surface area contributed by atoms with E-state index in [1.165, 1.54) is 12.1 Å². The number of hydrogen-bond acceptors (Lipinski definition) is 6. The predicted octanol–water partition coefficient (Wildman–Crippen LogP) is 3.56. The monoisotopic (exact) mass is 352 g/mol. The smallest absolute Gasteiger partial charge is 0.269 e. The second-order valence-electron chi connectivity index (χ2n) is 7.25. The third-order valence-electron chi connectivity index (χ3n) is 4.86. The SMILES string of the molecule is CC1(C)COC2(C)N(c3ccc([N+](=O)[O-])cc3)N=C(c3ccccc3)N12. The van der Waals surface area contributed by atoms with Gasteiger partial charge >= 0.3 is 0 Å². The normalized spacial score (nSPS) is 23.7. The molecule has 2 aromatic carbocycles. The Balaban J connectivity index is 1.82. The van der Waals surface area contributed by atoms with E-state index >= 15 is 0 Å². The first kappa shape index (κ1) is 16.5. The van der Waals surface area contributed by atoms with Crippen molar-refractivity contribution in [2.24, 2.45) is 5.10 Å². The van der Waals surface area contributed by atoms with Crippen molar-refractivity contribution in [3.05, 3.63) is 70.3 Å². The molecule has 1 saturated heterocycles. The van der Waals surface area contributed by atoms with Crippen molar-refractivity contribution < 1.29 is 9.66 Å². The molecule has 0 aliphatic carbocycles. The number of fused-ring (bicyclic) bond motifs is 1. The third-order valence-corrected chi connectivity index (χ3v) is 4.86. The lowest BCUT2D eigenvalue weighted by atomic mass is 10.0. The summed E-state index contributed by atoms with van der Waals surface area (Å²) in [5.74, 6) is 0.0408. The van der Waals surface area contributed by atoms with Crippen LogP contribution in [0.5, 0.6) is 0 Å². The van der Waals surface area contributed by atoms with Gasteiger partial charge in [-0.25, -0.2) is 5.01 Å². The van der Waals surface area contributed by atoms with Gasteiger partial charge in [0.25, 0.3) is 5.69 Å².